The molecule has 0 radical (unpaired) electrons. The van der Waals surface area contributed by atoms with Gasteiger partial charge in [-0.1, -0.05) is 6.07 Å². The van der Waals surface area contributed by atoms with Crippen LogP contribution >= 0.6 is 0 Å². The van der Waals surface area contributed by atoms with Crippen LogP contribution in [0.3, 0.4) is 0 Å². The first-order valence-corrected chi connectivity index (χ1v) is 13.9. The lowest BCUT2D eigenvalue weighted by Crippen LogP contribution is -2.49. The summed E-state index contributed by atoms with van der Waals surface area (Å²) in [5.74, 6) is 1.84. The van der Waals surface area contributed by atoms with Crippen molar-refractivity contribution in [3.63, 3.8) is 0 Å². The Balaban J connectivity index is 1.32. The summed E-state index contributed by atoms with van der Waals surface area (Å²) < 4.78 is 0. The van der Waals surface area contributed by atoms with E-state index in [4.69, 9.17) is 9.98 Å². The van der Waals surface area contributed by atoms with Crippen molar-refractivity contribution in [1.82, 2.24) is 25.0 Å². The van der Waals surface area contributed by atoms with Crippen LogP contribution in [0.5, 0.6) is 0 Å². The van der Waals surface area contributed by atoms with E-state index in [2.05, 4.69) is 82.6 Å². The third-order valence-electron chi connectivity index (χ3n) is 8.22. The van der Waals surface area contributed by atoms with Crippen molar-refractivity contribution < 1.29 is 4.79 Å². The van der Waals surface area contributed by atoms with Crippen LogP contribution in [0, 0.1) is 0 Å². The number of nitrogens with one attached hydrogen (secondary N) is 2. The Kier molecular flexibility index (Phi) is 6.76. The Morgan fingerprint density at radius 1 is 0.949 bits per heavy atom. The third kappa shape index (κ3) is 5.23. The van der Waals surface area contributed by atoms with Gasteiger partial charge in [-0.05, 0) is 67.3 Å². The fourth-order valence-electron chi connectivity index (χ4n) is 5.90. The minimum absolute atomic E-state index is 0.0435. The number of anilines is 2. The van der Waals surface area contributed by atoms with Gasteiger partial charge in [0.15, 0.2) is 0 Å². The van der Waals surface area contributed by atoms with Crippen molar-refractivity contribution in [1.29, 1.82) is 0 Å². The topological polar surface area (TPSA) is 79.3 Å². The van der Waals surface area contributed by atoms with Crippen LogP contribution in [0.2, 0.25) is 0 Å². The van der Waals surface area contributed by atoms with Crippen LogP contribution in [0.15, 0.2) is 53.3 Å². The van der Waals surface area contributed by atoms with Gasteiger partial charge >= 0.3 is 0 Å². The van der Waals surface area contributed by atoms with Gasteiger partial charge in [0.1, 0.15) is 5.82 Å². The smallest absolute Gasteiger partial charge is 0.236 e. The van der Waals surface area contributed by atoms with E-state index in [0.717, 1.165) is 74.4 Å². The highest BCUT2D eigenvalue weighted by molar-refractivity contribution is 6.00. The maximum atomic E-state index is 13.1. The van der Waals surface area contributed by atoms with Crippen LogP contribution in [0.25, 0.3) is 11.3 Å². The summed E-state index contributed by atoms with van der Waals surface area (Å²) >= 11 is 0. The second kappa shape index (κ2) is 10.4. The van der Waals surface area contributed by atoms with Crippen molar-refractivity contribution in [2.45, 2.75) is 32.9 Å². The van der Waals surface area contributed by atoms with E-state index in [1.165, 1.54) is 22.4 Å². The maximum Gasteiger partial charge on any atom is 0.236 e. The molecule has 0 spiro atoms. The van der Waals surface area contributed by atoms with E-state index in [1.54, 1.807) is 0 Å². The van der Waals surface area contributed by atoms with Gasteiger partial charge in [0.25, 0.3) is 0 Å². The zero-order chi connectivity index (χ0) is 27.1. The molecule has 2 aromatic rings. The van der Waals surface area contributed by atoms with E-state index in [-0.39, 0.29) is 11.9 Å². The number of amides is 1. The molecule has 9 heteroatoms. The number of guanidine groups is 1. The summed E-state index contributed by atoms with van der Waals surface area (Å²) in [4.78, 5) is 31.4. The van der Waals surface area contributed by atoms with Crippen molar-refractivity contribution in [3.05, 3.63) is 65.0 Å². The van der Waals surface area contributed by atoms with Crippen molar-refractivity contribution in [3.8, 4) is 0 Å². The molecule has 2 N–H and O–H groups in total. The molecule has 0 aliphatic carbocycles. The van der Waals surface area contributed by atoms with Crippen molar-refractivity contribution in [2.75, 3.05) is 63.6 Å². The van der Waals surface area contributed by atoms with E-state index in [9.17, 15) is 4.79 Å². The molecule has 9 nitrogen and oxygen atoms in total. The highest BCUT2D eigenvalue weighted by atomic mass is 16.2. The monoisotopic (exact) mass is 526 g/mol. The normalized spacial score (nSPS) is 23.6. The number of nitrogens with zero attached hydrogens (tertiary/aromatic N) is 6. The first-order chi connectivity index (χ1) is 18.8. The number of hydrogen-bond donors (Lipinski definition) is 2. The van der Waals surface area contributed by atoms with E-state index >= 15 is 0 Å². The van der Waals surface area contributed by atoms with E-state index < -0.39 is 0 Å². The van der Waals surface area contributed by atoms with Gasteiger partial charge in [-0.2, -0.15) is 0 Å². The quantitative estimate of drug-likeness (QED) is 0.546. The number of hydrogen-bond acceptors (Lipinski definition) is 8. The zero-order valence-corrected chi connectivity index (χ0v) is 23.4. The minimum atomic E-state index is 0.0435. The summed E-state index contributed by atoms with van der Waals surface area (Å²) in [5, 5.41) is 7.00. The molecule has 11 aliphatic rings. The largest absolute Gasteiger partial charge is 0.368 e. The number of rotatable bonds is 0. The van der Waals surface area contributed by atoms with E-state index in [1.807, 2.05) is 18.1 Å². The van der Waals surface area contributed by atoms with Crippen LogP contribution in [-0.4, -0.2) is 91.0 Å². The Hall–Kier alpha value is -3.85. The summed E-state index contributed by atoms with van der Waals surface area (Å²) in [7, 11) is 3.97. The van der Waals surface area contributed by atoms with Crippen LogP contribution in [-0.2, 0) is 11.3 Å². The highest BCUT2D eigenvalue weighted by Crippen LogP contribution is 2.35. The number of aliphatic imine (C=N–C) groups is 1. The summed E-state index contributed by atoms with van der Waals surface area (Å²) in [6.45, 7) is 9.82. The van der Waals surface area contributed by atoms with Crippen LogP contribution in [0.4, 0.5) is 11.5 Å². The Bertz CT molecular complexity index is 1360. The Morgan fingerprint density at radius 2 is 1.79 bits per heavy atom. The number of aromatic nitrogens is 1. The minimum Gasteiger partial charge on any atom is -0.368 e. The van der Waals surface area contributed by atoms with Crippen molar-refractivity contribution >= 4 is 34.6 Å². The number of carbonyl (C=O) groups excluding carboxylic acids is 1. The van der Waals surface area contributed by atoms with Gasteiger partial charge in [-0.15, -0.1) is 0 Å². The molecule has 13 rings (SSSR count). The fraction of sp³-hybridized carbons (Fsp3) is 0.433. The van der Waals surface area contributed by atoms with Gasteiger partial charge in [-0.3, -0.25) is 9.69 Å². The molecule has 1 aromatic carbocycles. The molecule has 1 fully saturated rings. The molecular formula is C30H38N8O. The molecular weight excluding hydrogens is 488 g/mol. The number of pyridine rings is 1. The summed E-state index contributed by atoms with van der Waals surface area (Å²) in [6, 6.07) is 10.8. The van der Waals surface area contributed by atoms with Gasteiger partial charge in [0, 0.05) is 82.2 Å². The molecule has 11 aliphatic heterocycles. The predicted octanol–water partition coefficient (Wildman–Crippen LogP) is 3.04. The lowest BCUT2D eigenvalue weighted by molar-refractivity contribution is -0.131. The average Bonchev–Trinajstić information content (AvgIpc) is 2.92. The molecule has 2 atom stereocenters. The summed E-state index contributed by atoms with van der Waals surface area (Å²) in [6.07, 6.45) is 4.92. The van der Waals surface area contributed by atoms with Crippen LogP contribution in [0.1, 0.15) is 37.0 Å². The zero-order valence-electron chi connectivity index (χ0n) is 23.4. The van der Waals surface area contributed by atoms with E-state index in [0.29, 0.717) is 6.54 Å². The number of piperazine rings is 1. The third-order valence-corrected chi connectivity index (χ3v) is 8.22. The second-order valence-corrected chi connectivity index (χ2v) is 11.1. The Morgan fingerprint density at radius 3 is 2.62 bits per heavy atom. The number of benzene rings is 1. The molecule has 39 heavy (non-hydrogen) atoms. The number of allylic oxidation sites excluding steroid dienone is 1. The molecule has 1 aromatic heterocycles. The molecule has 204 valence electrons. The highest BCUT2D eigenvalue weighted by Gasteiger charge is 2.29. The maximum absolute atomic E-state index is 13.1. The number of carbonyl (C=O) groups is 1. The van der Waals surface area contributed by atoms with Crippen molar-refractivity contribution in [2.24, 2.45) is 4.99 Å². The van der Waals surface area contributed by atoms with Gasteiger partial charge in [-0.25, -0.2) is 9.98 Å². The first kappa shape index (κ1) is 25.4. The van der Waals surface area contributed by atoms with Crippen LogP contribution < -0.4 is 15.5 Å². The predicted molar refractivity (Wildman–Crippen MR) is 157 cm³/mol. The molecule has 12 heterocycles. The fourth-order valence-corrected chi connectivity index (χ4v) is 5.90. The first-order valence-electron chi connectivity index (χ1n) is 13.9. The lowest BCUT2D eigenvalue weighted by atomic mass is 9.92. The second-order valence-electron chi connectivity index (χ2n) is 11.1. The van der Waals surface area contributed by atoms with Gasteiger partial charge < -0.3 is 25.3 Å². The average molecular weight is 527 g/mol. The molecule has 1 amide bonds. The lowest BCUT2D eigenvalue weighted by Gasteiger charge is -2.42. The van der Waals surface area contributed by atoms with Gasteiger partial charge in [0.2, 0.25) is 11.9 Å². The molecule has 1 saturated heterocycles. The molecule has 10 bridgehead atoms. The summed E-state index contributed by atoms with van der Waals surface area (Å²) in [5.41, 5.74) is 8.28. The molecule has 0 saturated carbocycles. The SMILES string of the molecule is CC1=C2CN3CCN2Cc2cc(ccc21)NC1=NC(C)C=C(N1)c1ccc(nc1)N(C)CCCN(C)C(=O)C3. The Labute approximate surface area is 230 Å². The number of likely N-dealkylation sites (N-methyl/N-ethyl adjacent to an activating group) is 1. The standard InChI is InChI=1S/C30H38N8O/c1-20-14-26-22-6-9-28(31-16-22)35(3)10-5-11-36(4)29(39)19-37-12-13-38-17-23-15-24(33-30(32-20)34-26)7-8-25(23)21(2)27(38)18-37/h6-9,14-16,20H,5,10-13,17-19H2,1-4H3,(H2,32,33,34). The van der Waals surface area contributed by atoms with Gasteiger partial charge in [0.05, 0.1) is 12.6 Å². The molecule has 2 unspecified atom stereocenters.